The molecule has 0 amide bonds. The highest BCUT2D eigenvalue weighted by molar-refractivity contribution is 6.30. The van der Waals surface area contributed by atoms with Gasteiger partial charge in [-0.2, -0.15) is 0 Å². The van der Waals surface area contributed by atoms with Gasteiger partial charge in [0.1, 0.15) is 0 Å². The summed E-state index contributed by atoms with van der Waals surface area (Å²) in [6, 6.07) is 7.81. The number of ether oxygens (including phenoxy) is 2. The van der Waals surface area contributed by atoms with Crippen LogP contribution in [0.3, 0.4) is 0 Å². The van der Waals surface area contributed by atoms with Crippen LogP contribution in [0.5, 0.6) is 0 Å². The minimum atomic E-state index is -1.51. The molecule has 1 aromatic carbocycles. The fraction of sp³-hybridized carbons (Fsp3) is 0.571. The number of benzene rings is 1. The van der Waals surface area contributed by atoms with Crippen LogP contribution in [0.2, 0.25) is 5.02 Å². The Balaban J connectivity index is 2.23. The molecule has 0 saturated heterocycles. The monoisotopic (exact) mass is 270 g/mol. The first kappa shape index (κ1) is 13.8. The predicted octanol–water partition coefficient (Wildman–Crippen LogP) is 3.09. The molecule has 1 aliphatic rings. The SMILES string of the molecule is COC(O)(CC1(c2ccc(Cl)cc2)CCC1)OC. The number of hydrogen-bond acceptors (Lipinski definition) is 3. The molecule has 2 rings (SSSR count). The van der Waals surface area contributed by atoms with Crippen LogP contribution in [-0.4, -0.2) is 25.3 Å². The van der Waals surface area contributed by atoms with E-state index in [1.54, 1.807) is 0 Å². The molecule has 1 N–H and O–H groups in total. The molecule has 0 spiro atoms. The van der Waals surface area contributed by atoms with Gasteiger partial charge < -0.3 is 14.6 Å². The van der Waals surface area contributed by atoms with Crippen LogP contribution in [0.4, 0.5) is 0 Å². The lowest BCUT2D eigenvalue weighted by molar-refractivity contribution is -0.351. The maximum Gasteiger partial charge on any atom is 0.280 e. The van der Waals surface area contributed by atoms with Crippen molar-refractivity contribution in [2.24, 2.45) is 0 Å². The number of rotatable bonds is 5. The summed E-state index contributed by atoms with van der Waals surface area (Å²) in [4.78, 5) is 0. The number of hydrogen-bond donors (Lipinski definition) is 1. The van der Waals surface area contributed by atoms with Gasteiger partial charge in [0.05, 0.1) is 0 Å². The van der Waals surface area contributed by atoms with Gasteiger partial charge in [0.25, 0.3) is 5.97 Å². The molecule has 0 heterocycles. The third-order valence-corrected chi connectivity index (χ3v) is 4.22. The van der Waals surface area contributed by atoms with Crippen LogP contribution >= 0.6 is 11.6 Å². The molecule has 1 aromatic rings. The first-order valence-electron chi connectivity index (χ1n) is 6.12. The third-order valence-electron chi connectivity index (χ3n) is 3.97. The van der Waals surface area contributed by atoms with Crippen molar-refractivity contribution < 1.29 is 14.6 Å². The molecule has 0 aromatic heterocycles. The quantitative estimate of drug-likeness (QED) is 0.836. The Morgan fingerprint density at radius 2 is 1.78 bits per heavy atom. The van der Waals surface area contributed by atoms with E-state index >= 15 is 0 Å². The zero-order valence-corrected chi connectivity index (χ0v) is 11.5. The molecular weight excluding hydrogens is 252 g/mol. The lowest BCUT2D eigenvalue weighted by atomic mass is 9.62. The van der Waals surface area contributed by atoms with Gasteiger partial charge in [0.2, 0.25) is 0 Å². The first-order chi connectivity index (χ1) is 8.53. The number of aliphatic hydroxyl groups is 1. The molecule has 3 nitrogen and oxygen atoms in total. The van der Waals surface area contributed by atoms with Crippen LogP contribution < -0.4 is 0 Å². The summed E-state index contributed by atoms with van der Waals surface area (Å²) in [5.41, 5.74) is 1.12. The molecule has 1 saturated carbocycles. The lowest BCUT2D eigenvalue weighted by Crippen LogP contribution is -2.46. The van der Waals surface area contributed by atoms with Crippen molar-refractivity contribution in [3.63, 3.8) is 0 Å². The maximum absolute atomic E-state index is 10.2. The lowest BCUT2D eigenvalue weighted by Gasteiger charge is -2.46. The zero-order chi connectivity index (χ0) is 13.2. The van der Waals surface area contributed by atoms with E-state index in [2.05, 4.69) is 0 Å². The molecule has 0 atom stereocenters. The molecule has 1 aliphatic carbocycles. The van der Waals surface area contributed by atoms with Crippen LogP contribution in [-0.2, 0) is 14.9 Å². The largest absolute Gasteiger partial charge is 0.343 e. The summed E-state index contributed by atoms with van der Waals surface area (Å²) in [7, 11) is 2.91. The smallest absolute Gasteiger partial charge is 0.280 e. The number of halogens is 1. The highest BCUT2D eigenvalue weighted by Crippen LogP contribution is 2.49. The van der Waals surface area contributed by atoms with Gasteiger partial charge in [0.15, 0.2) is 0 Å². The Kier molecular flexibility index (Phi) is 3.97. The summed E-state index contributed by atoms with van der Waals surface area (Å²) >= 11 is 5.91. The van der Waals surface area contributed by atoms with Crippen LogP contribution in [0.1, 0.15) is 31.2 Å². The Morgan fingerprint density at radius 3 is 2.17 bits per heavy atom. The molecular formula is C14H19ClO3. The topological polar surface area (TPSA) is 38.7 Å². The second-order valence-corrected chi connectivity index (χ2v) is 5.37. The van der Waals surface area contributed by atoms with E-state index < -0.39 is 5.97 Å². The van der Waals surface area contributed by atoms with Crippen molar-refractivity contribution in [2.75, 3.05) is 14.2 Å². The molecule has 100 valence electrons. The van der Waals surface area contributed by atoms with Crippen LogP contribution in [0.15, 0.2) is 24.3 Å². The molecule has 0 unspecified atom stereocenters. The fourth-order valence-corrected chi connectivity index (χ4v) is 2.76. The summed E-state index contributed by atoms with van der Waals surface area (Å²) in [5, 5.41) is 10.9. The van der Waals surface area contributed by atoms with E-state index in [1.807, 2.05) is 24.3 Å². The van der Waals surface area contributed by atoms with Crippen LogP contribution in [0, 0.1) is 0 Å². The Hall–Kier alpha value is -0.610. The minimum absolute atomic E-state index is 0.0641. The van der Waals surface area contributed by atoms with Crippen molar-refractivity contribution in [2.45, 2.75) is 37.1 Å². The number of methoxy groups -OCH3 is 2. The van der Waals surface area contributed by atoms with Crippen molar-refractivity contribution in [3.05, 3.63) is 34.9 Å². The molecule has 18 heavy (non-hydrogen) atoms. The highest BCUT2D eigenvalue weighted by atomic mass is 35.5. The Labute approximate surface area is 113 Å². The molecule has 4 heteroatoms. The summed E-state index contributed by atoms with van der Waals surface area (Å²) in [6.07, 6.45) is 3.66. The second-order valence-electron chi connectivity index (χ2n) is 4.94. The minimum Gasteiger partial charge on any atom is -0.343 e. The third kappa shape index (κ3) is 2.54. The van der Waals surface area contributed by atoms with E-state index in [4.69, 9.17) is 21.1 Å². The van der Waals surface area contributed by atoms with Gasteiger partial charge >= 0.3 is 0 Å². The van der Waals surface area contributed by atoms with Crippen molar-refractivity contribution in [3.8, 4) is 0 Å². The summed E-state index contributed by atoms with van der Waals surface area (Å²) < 4.78 is 10.1. The fourth-order valence-electron chi connectivity index (χ4n) is 2.63. The van der Waals surface area contributed by atoms with E-state index in [9.17, 15) is 5.11 Å². The van der Waals surface area contributed by atoms with Gasteiger partial charge in [0, 0.05) is 31.1 Å². The molecule has 1 fully saturated rings. The van der Waals surface area contributed by atoms with E-state index in [1.165, 1.54) is 19.8 Å². The van der Waals surface area contributed by atoms with Crippen molar-refractivity contribution in [1.29, 1.82) is 0 Å². The molecule has 0 radical (unpaired) electrons. The Bertz CT molecular complexity index is 394. The van der Waals surface area contributed by atoms with Crippen LogP contribution in [0.25, 0.3) is 0 Å². The maximum atomic E-state index is 10.2. The normalized spacial score (nSPS) is 18.4. The van der Waals surface area contributed by atoms with Crippen molar-refractivity contribution in [1.82, 2.24) is 0 Å². The van der Waals surface area contributed by atoms with Gasteiger partial charge in [-0.1, -0.05) is 30.2 Å². The first-order valence-corrected chi connectivity index (χ1v) is 6.50. The Morgan fingerprint density at radius 1 is 1.22 bits per heavy atom. The van der Waals surface area contributed by atoms with E-state index in [0.717, 1.165) is 24.3 Å². The van der Waals surface area contributed by atoms with Gasteiger partial charge in [-0.3, -0.25) is 0 Å². The predicted molar refractivity (Wildman–Crippen MR) is 70.6 cm³/mol. The summed E-state index contributed by atoms with van der Waals surface area (Å²) in [5.74, 6) is -1.51. The molecule has 0 aliphatic heterocycles. The zero-order valence-electron chi connectivity index (χ0n) is 10.8. The van der Waals surface area contributed by atoms with Gasteiger partial charge in [-0.05, 0) is 30.5 Å². The summed E-state index contributed by atoms with van der Waals surface area (Å²) in [6.45, 7) is 0. The van der Waals surface area contributed by atoms with Gasteiger partial charge in [-0.25, -0.2) is 0 Å². The van der Waals surface area contributed by atoms with Gasteiger partial charge in [-0.15, -0.1) is 0 Å². The van der Waals surface area contributed by atoms with Crippen molar-refractivity contribution >= 4 is 11.6 Å². The average Bonchev–Trinajstić information content (AvgIpc) is 2.35. The van der Waals surface area contributed by atoms with E-state index in [0.29, 0.717) is 6.42 Å². The van der Waals surface area contributed by atoms with E-state index in [-0.39, 0.29) is 5.41 Å². The standard InChI is InChI=1S/C14H19ClO3/c1-17-14(16,18-2)10-13(8-3-9-13)11-4-6-12(15)7-5-11/h4-7,16H,3,8-10H2,1-2H3. The second kappa shape index (κ2) is 5.17. The highest BCUT2D eigenvalue weighted by Gasteiger charge is 2.46. The molecule has 0 bridgehead atoms. The average molecular weight is 271 g/mol.